The molecule has 0 radical (unpaired) electrons. The van der Waals surface area contributed by atoms with Crippen LogP contribution >= 0.6 is 0 Å². The largest absolute Gasteiger partial charge is 0.379 e. The van der Waals surface area contributed by atoms with Gasteiger partial charge in [0.2, 0.25) is 0 Å². The zero-order valence-corrected chi connectivity index (χ0v) is 18.8. The van der Waals surface area contributed by atoms with E-state index in [1.54, 1.807) is 0 Å². The summed E-state index contributed by atoms with van der Waals surface area (Å²) >= 11 is 0. The first-order chi connectivity index (χ1) is 14.9. The number of ether oxygens (including phenoxy) is 6. The molecule has 1 heterocycles. The Morgan fingerprint density at radius 2 is 1.17 bits per heavy atom. The Kier molecular flexibility index (Phi) is 15.8. The maximum absolute atomic E-state index is 6.15. The molecule has 2 rings (SSSR count). The highest BCUT2D eigenvalue weighted by molar-refractivity contribution is 4.79. The molecule has 2 unspecified atom stereocenters. The zero-order chi connectivity index (χ0) is 21.1. The van der Waals surface area contributed by atoms with E-state index in [1.807, 2.05) is 0 Å². The first-order valence-corrected chi connectivity index (χ1v) is 11.9. The smallest absolute Gasteiger partial charge is 0.0837 e. The highest BCUT2D eigenvalue weighted by Gasteiger charge is 2.28. The monoisotopic (exact) mass is 432 g/mol. The van der Waals surface area contributed by atoms with Crippen LogP contribution < -0.4 is 5.73 Å². The third-order valence-corrected chi connectivity index (χ3v) is 5.51. The van der Waals surface area contributed by atoms with Gasteiger partial charge in [-0.15, -0.1) is 0 Å². The third-order valence-electron chi connectivity index (χ3n) is 5.51. The summed E-state index contributed by atoms with van der Waals surface area (Å²) in [5, 5.41) is 0. The van der Waals surface area contributed by atoms with Crippen LogP contribution in [0.2, 0.25) is 0 Å². The summed E-state index contributed by atoms with van der Waals surface area (Å²) < 4.78 is 34.7. The summed E-state index contributed by atoms with van der Waals surface area (Å²) in [6.45, 7) is 10.0. The summed E-state index contributed by atoms with van der Waals surface area (Å²) in [6, 6.07) is 0. The number of hydrogen-bond donors (Lipinski definition) is 1. The highest BCUT2D eigenvalue weighted by Crippen LogP contribution is 2.24. The van der Waals surface area contributed by atoms with Crippen molar-refractivity contribution < 1.29 is 28.4 Å². The second-order valence-electron chi connectivity index (χ2n) is 7.89. The number of rotatable bonds is 7. The first-order valence-electron chi connectivity index (χ1n) is 11.9. The molecule has 0 aromatic rings. The molecule has 8 nitrogen and oxygen atoms in total. The van der Waals surface area contributed by atoms with Gasteiger partial charge in [-0.2, -0.15) is 0 Å². The molecular weight excluding hydrogens is 388 g/mol. The Morgan fingerprint density at radius 3 is 1.73 bits per heavy atom. The molecule has 30 heavy (non-hydrogen) atoms. The fourth-order valence-electron chi connectivity index (χ4n) is 3.78. The lowest BCUT2D eigenvalue weighted by atomic mass is 10.2. The number of hydrogen-bond acceptors (Lipinski definition) is 8. The van der Waals surface area contributed by atoms with E-state index in [1.165, 1.54) is 0 Å². The van der Waals surface area contributed by atoms with E-state index < -0.39 is 0 Å². The van der Waals surface area contributed by atoms with Gasteiger partial charge in [0.15, 0.2) is 0 Å². The van der Waals surface area contributed by atoms with Crippen LogP contribution in [0.4, 0.5) is 0 Å². The van der Waals surface area contributed by atoms with Crippen LogP contribution in [0.5, 0.6) is 0 Å². The van der Waals surface area contributed by atoms with E-state index in [9.17, 15) is 0 Å². The van der Waals surface area contributed by atoms with Gasteiger partial charge in [0, 0.05) is 39.4 Å². The first kappa shape index (κ1) is 25.9. The fourth-order valence-corrected chi connectivity index (χ4v) is 3.78. The second kappa shape index (κ2) is 18.3. The molecule has 1 saturated carbocycles. The van der Waals surface area contributed by atoms with Crippen molar-refractivity contribution >= 4 is 0 Å². The minimum absolute atomic E-state index is 0.193. The normalized spacial score (nSPS) is 27.5. The van der Waals surface area contributed by atoms with Crippen molar-refractivity contribution in [2.75, 3.05) is 92.2 Å². The second-order valence-corrected chi connectivity index (χ2v) is 7.89. The highest BCUT2D eigenvalue weighted by atomic mass is 16.5. The van der Waals surface area contributed by atoms with Crippen LogP contribution in [0.25, 0.3) is 0 Å². The molecule has 1 aliphatic carbocycles. The van der Waals surface area contributed by atoms with Crippen molar-refractivity contribution in [3.05, 3.63) is 0 Å². The maximum Gasteiger partial charge on any atom is 0.0837 e. The molecule has 8 heteroatoms. The van der Waals surface area contributed by atoms with Gasteiger partial charge in [-0.25, -0.2) is 0 Å². The van der Waals surface area contributed by atoms with Crippen molar-refractivity contribution in [2.45, 2.75) is 50.7 Å². The zero-order valence-electron chi connectivity index (χ0n) is 18.8. The molecule has 0 aromatic carbocycles. The molecule has 178 valence electrons. The van der Waals surface area contributed by atoms with Gasteiger partial charge in [-0.05, 0) is 38.5 Å². The van der Waals surface area contributed by atoms with E-state index in [0.29, 0.717) is 59.4 Å². The van der Waals surface area contributed by atoms with E-state index in [0.717, 1.165) is 71.4 Å². The maximum atomic E-state index is 6.15. The van der Waals surface area contributed by atoms with E-state index in [4.69, 9.17) is 34.2 Å². The molecule has 2 atom stereocenters. The van der Waals surface area contributed by atoms with Gasteiger partial charge in [-0.3, -0.25) is 4.90 Å². The van der Waals surface area contributed by atoms with Crippen molar-refractivity contribution in [3.63, 3.8) is 0 Å². The van der Waals surface area contributed by atoms with Gasteiger partial charge in [-0.1, -0.05) is 0 Å². The lowest BCUT2D eigenvalue weighted by molar-refractivity contribution is -0.0601. The molecule has 0 spiro atoms. The molecule has 0 bridgehead atoms. The van der Waals surface area contributed by atoms with Gasteiger partial charge in [0.25, 0.3) is 0 Å². The molecule has 0 aromatic heterocycles. The molecule has 0 amide bonds. The molecule has 2 fully saturated rings. The van der Waals surface area contributed by atoms with E-state index in [-0.39, 0.29) is 12.2 Å². The summed E-state index contributed by atoms with van der Waals surface area (Å²) in [5.74, 6) is 0. The molecule has 2 aliphatic rings. The lowest BCUT2D eigenvalue weighted by Crippen LogP contribution is -2.36. The Morgan fingerprint density at radius 1 is 0.633 bits per heavy atom. The number of nitrogens with two attached hydrogens (primary N) is 1. The average molecular weight is 433 g/mol. The van der Waals surface area contributed by atoms with Crippen LogP contribution in [0.1, 0.15) is 38.5 Å². The van der Waals surface area contributed by atoms with Crippen LogP contribution in [0.15, 0.2) is 0 Å². The van der Waals surface area contributed by atoms with E-state index >= 15 is 0 Å². The summed E-state index contributed by atoms with van der Waals surface area (Å²) in [7, 11) is 0. The van der Waals surface area contributed by atoms with E-state index in [2.05, 4.69) is 4.90 Å². The van der Waals surface area contributed by atoms with Gasteiger partial charge >= 0.3 is 0 Å². The van der Waals surface area contributed by atoms with Gasteiger partial charge < -0.3 is 34.2 Å². The molecular formula is C22H44N2O6. The Labute approximate surface area is 182 Å². The van der Waals surface area contributed by atoms with Gasteiger partial charge in [0.05, 0.1) is 65.1 Å². The van der Waals surface area contributed by atoms with Crippen LogP contribution in [0.3, 0.4) is 0 Å². The minimum atomic E-state index is 0.193. The third kappa shape index (κ3) is 12.5. The lowest BCUT2D eigenvalue weighted by Gasteiger charge is -2.25. The predicted molar refractivity (Wildman–Crippen MR) is 116 cm³/mol. The topological polar surface area (TPSA) is 84.6 Å². The predicted octanol–water partition coefficient (Wildman–Crippen LogP) is 1.45. The summed E-state index contributed by atoms with van der Waals surface area (Å²) in [4.78, 5) is 2.34. The van der Waals surface area contributed by atoms with Crippen LogP contribution in [-0.4, -0.2) is 109 Å². The number of nitrogens with zero attached hydrogens (tertiary/aromatic N) is 1. The fraction of sp³-hybridized carbons (Fsp3) is 1.00. The van der Waals surface area contributed by atoms with Crippen LogP contribution in [-0.2, 0) is 28.4 Å². The quantitative estimate of drug-likeness (QED) is 0.647. The summed E-state index contributed by atoms with van der Waals surface area (Å²) in [5.41, 5.74) is 5.56. The van der Waals surface area contributed by atoms with Crippen molar-refractivity contribution in [2.24, 2.45) is 5.73 Å². The minimum Gasteiger partial charge on any atom is -0.379 e. The Balaban J connectivity index is 1.66. The average Bonchev–Trinajstić information content (AvgIpc) is 3.20. The molecule has 2 N–H and O–H groups in total. The molecule has 1 saturated heterocycles. The van der Waals surface area contributed by atoms with Crippen LogP contribution in [0, 0.1) is 0 Å². The SMILES string of the molecule is NCCOC1CCCC1OCCN1CCOCCOCCCCCOCCOCC1. The Hall–Kier alpha value is -0.320. The standard InChI is InChI=1S/C22H44N2O6/c23-7-13-29-21-5-4-6-22(21)30-16-10-24-8-14-27-19-17-25-11-2-1-3-12-26-18-20-28-15-9-24/h21-22H,1-20,23H2. The van der Waals surface area contributed by atoms with Crippen molar-refractivity contribution in [1.29, 1.82) is 0 Å². The molecule has 1 aliphatic heterocycles. The van der Waals surface area contributed by atoms with Gasteiger partial charge in [0.1, 0.15) is 0 Å². The van der Waals surface area contributed by atoms with Crippen molar-refractivity contribution in [3.8, 4) is 0 Å². The Bertz CT molecular complexity index is 373. The summed E-state index contributed by atoms with van der Waals surface area (Å²) in [6.07, 6.45) is 6.98. The van der Waals surface area contributed by atoms with Crippen molar-refractivity contribution in [1.82, 2.24) is 4.90 Å².